The number of anilines is 1. The third-order valence-electron chi connectivity index (χ3n) is 3.94. The lowest BCUT2D eigenvalue weighted by atomic mass is 10.1. The molecule has 0 aliphatic carbocycles. The van der Waals surface area contributed by atoms with Gasteiger partial charge in [-0.2, -0.15) is 0 Å². The molecule has 0 unspecified atom stereocenters. The normalized spacial score (nSPS) is 14.5. The summed E-state index contributed by atoms with van der Waals surface area (Å²) in [6.07, 6.45) is 0. The van der Waals surface area contributed by atoms with Gasteiger partial charge >= 0.3 is 0 Å². The van der Waals surface area contributed by atoms with Gasteiger partial charge in [0.05, 0.1) is 18.8 Å². The van der Waals surface area contributed by atoms with Gasteiger partial charge in [-0.3, -0.25) is 4.79 Å². The largest absolute Gasteiger partial charge is 0.378 e. The number of amides is 1. The zero-order chi connectivity index (χ0) is 16.9. The lowest BCUT2D eigenvalue weighted by Crippen LogP contribution is -2.36. The fourth-order valence-corrected chi connectivity index (χ4v) is 2.76. The number of ether oxygens (including phenoxy) is 1. The Balaban J connectivity index is 1.59. The summed E-state index contributed by atoms with van der Waals surface area (Å²) < 4.78 is 19.1. The van der Waals surface area contributed by atoms with Gasteiger partial charge in [-0.15, -0.1) is 0 Å². The first-order valence-electron chi connectivity index (χ1n) is 7.78. The molecule has 1 amide bonds. The van der Waals surface area contributed by atoms with Crippen molar-refractivity contribution in [2.45, 2.75) is 6.54 Å². The number of hydrogen-bond acceptors (Lipinski definition) is 3. The number of benzene rings is 2. The van der Waals surface area contributed by atoms with Crippen molar-refractivity contribution in [3.63, 3.8) is 0 Å². The van der Waals surface area contributed by atoms with Gasteiger partial charge in [0, 0.05) is 30.3 Å². The summed E-state index contributed by atoms with van der Waals surface area (Å²) in [7, 11) is 0. The van der Waals surface area contributed by atoms with Gasteiger partial charge in [-0.1, -0.05) is 23.7 Å². The van der Waals surface area contributed by atoms with Crippen LogP contribution < -0.4 is 10.2 Å². The predicted molar refractivity (Wildman–Crippen MR) is 92.1 cm³/mol. The number of carbonyl (C=O) groups is 1. The molecular weight excluding hydrogens is 331 g/mol. The zero-order valence-corrected chi connectivity index (χ0v) is 13.9. The van der Waals surface area contributed by atoms with Crippen molar-refractivity contribution >= 4 is 23.2 Å². The molecule has 24 heavy (non-hydrogen) atoms. The molecule has 1 fully saturated rings. The maximum Gasteiger partial charge on any atom is 0.254 e. The first-order valence-corrected chi connectivity index (χ1v) is 8.16. The Labute approximate surface area is 145 Å². The molecule has 1 aliphatic rings. The van der Waals surface area contributed by atoms with Gasteiger partial charge in [-0.25, -0.2) is 4.39 Å². The van der Waals surface area contributed by atoms with Gasteiger partial charge in [0.1, 0.15) is 5.82 Å². The molecule has 2 aromatic carbocycles. The van der Waals surface area contributed by atoms with E-state index < -0.39 is 11.7 Å². The van der Waals surface area contributed by atoms with E-state index in [1.54, 1.807) is 0 Å². The van der Waals surface area contributed by atoms with E-state index in [-0.39, 0.29) is 10.6 Å². The second kappa shape index (κ2) is 7.64. The molecule has 4 nitrogen and oxygen atoms in total. The number of carbonyl (C=O) groups excluding carboxylic acids is 1. The van der Waals surface area contributed by atoms with E-state index >= 15 is 0 Å². The smallest absolute Gasteiger partial charge is 0.254 e. The molecule has 6 heteroatoms. The van der Waals surface area contributed by atoms with Crippen molar-refractivity contribution in [3.05, 3.63) is 64.4 Å². The van der Waals surface area contributed by atoms with Gasteiger partial charge < -0.3 is 15.0 Å². The zero-order valence-electron chi connectivity index (χ0n) is 13.1. The van der Waals surface area contributed by atoms with Crippen LogP contribution in [0, 0.1) is 5.82 Å². The number of nitrogens with one attached hydrogen (secondary N) is 1. The maximum absolute atomic E-state index is 13.7. The van der Waals surface area contributed by atoms with E-state index in [0.717, 1.165) is 43.6 Å². The summed E-state index contributed by atoms with van der Waals surface area (Å²) in [5, 5.41) is 2.99. The molecule has 3 rings (SSSR count). The van der Waals surface area contributed by atoms with Crippen molar-refractivity contribution in [1.82, 2.24) is 5.32 Å². The quantitative estimate of drug-likeness (QED) is 0.922. The van der Waals surface area contributed by atoms with E-state index in [4.69, 9.17) is 16.3 Å². The Hall–Kier alpha value is -2.11. The highest BCUT2D eigenvalue weighted by atomic mass is 35.5. The molecule has 1 aliphatic heterocycles. The van der Waals surface area contributed by atoms with Gasteiger partial charge in [0.25, 0.3) is 5.91 Å². The molecule has 0 spiro atoms. The van der Waals surface area contributed by atoms with E-state index in [1.807, 2.05) is 24.3 Å². The Morgan fingerprint density at radius 1 is 1.17 bits per heavy atom. The van der Waals surface area contributed by atoms with E-state index in [2.05, 4.69) is 10.2 Å². The Kier molecular flexibility index (Phi) is 5.33. The predicted octanol–water partition coefficient (Wildman–Crippen LogP) is 3.25. The highest BCUT2D eigenvalue weighted by Crippen LogP contribution is 2.17. The highest BCUT2D eigenvalue weighted by molar-refractivity contribution is 6.30. The molecule has 126 valence electrons. The minimum atomic E-state index is -0.623. The van der Waals surface area contributed by atoms with Crippen LogP contribution >= 0.6 is 11.6 Å². The van der Waals surface area contributed by atoms with Crippen LogP contribution in [-0.4, -0.2) is 32.2 Å². The third kappa shape index (κ3) is 4.04. The van der Waals surface area contributed by atoms with Crippen molar-refractivity contribution in [3.8, 4) is 0 Å². The molecule has 0 saturated carbocycles. The van der Waals surface area contributed by atoms with Gasteiger partial charge in [0.2, 0.25) is 0 Å². The standard InChI is InChI=1S/C18H18ClFN2O2/c19-14-3-6-16(17(20)11-14)18(23)21-12-13-1-4-15(5-2-13)22-7-9-24-10-8-22/h1-6,11H,7-10,12H2,(H,21,23). The summed E-state index contributed by atoms with van der Waals surface area (Å²) in [6, 6.07) is 12.0. The van der Waals surface area contributed by atoms with Crippen LogP contribution in [-0.2, 0) is 11.3 Å². The lowest BCUT2D eigenvalue weighted by Gasteiger charge is -2.28. The van der Waals surface area contributed by atoms with Crippen molar-refractivity contribution in [2.24, 2.45) is 0 Å². The Morgan fingerprint density at radius 2 is 1.88 bits per heavy atom. The van der Waals surface area contributed by atoms with E-state index in [0.29, 0.717) is 6.54 Å². The molecule has 0 aromatic heterocycles. The molecule has 1 N–H and O–H groups in total. The summed E-state index contributed by atoms with van der Waals surface area (Å²) in [6.45, 7) is 3.58. The average Bonchev–Trinajstić information content (AvgIpc) is 2.61. The minimum absolute atomic E-state index is 0.00987. The molecule has 1 heterocycles. The molecule has 0 bridgehead atoms. The number of morpholine rings is 1. The fraction of sp³-hybridized carbons (Fsp3) is 0.278. The van der Waals surface area contributed by atoms with Crippen LogP contribution in [0.5, 0.6) is 0 Å². The van der Waals surface area contributed by atoms with E-state index in [1.165, 1.54) is 12.1 Å². The second-order valence-corrected chi connectivity index (χ2v) is 6.01. The summed E-state index contributed by atoms with van der Waals surface area (Å²) in [4.78, 5) is 14.3. The first kappa shape index (κ1) is 16.7. The monoisotopic (exact) mass is 348 g/mol. The Bertz CT molecular complexity index is 715. The molecule has 0 atom stereocenters. The number of nitrogens with zero attached hydrogens (tertiary/aromatic N) is 1. The topological polar surface area (TPSA) is 41.6 Å². The number of rotatable bonds is 4. The molecule has 1 saturated heterocycles. The van der Waals surface area contributed by atoms with Crippen molar-refractivity contribution < 1.29 is 13.9 Å². The summed E-state index contributed by atoms with van der Waals surface area (Å²) in [5.74, 6) is -1.08. The van der Waals surface area contributed by atoms with E-state index in [9.17, 15) is 9.18 Å². The van der Waals surface area contributed by atoms with Crippen LogP contribution in [0.15, 0.2) is 42.5 Å². The van der Waals surface area contributed by atoms with Gasteiger partial charge in [-0.05, 0) is 35.9 Å². The Morgan fingerprint density at radius 3 is 2.54 bits per heavy atom. The minimum Gasteiger partial charge on any atom is -0.378 e. The van der Waals surface area contributed by atoms with Crippen molar-refractivity contribution in [1.29, 1.82) is 0 Å². The second-order valence-electron chi connectivity index (χ2n) is 5.57. The third-order valence-corrected chi connectivity index (χ3v) is 4.18. The van der Waals surface area contributed by atoms with Crippen molar-refractivity contribution in [2.75, 3.05) is 31.2 Å². The maximum atomic E-state index is 13.7. The van der Waals surface area contributed by atoms with Crippen LogP contribution in [0.2, 0.25) is 5.02 Å². The number of halogens is 2. The van der Waals surface area contributed by atoms with Crippen LogP contribution in [0.1, 0.15) is 15.9 Å². The summed E-state index contributed by atoms with van der Waals surface area (Å²) >= 11 is 5.69. The van der Waals surface area contributed by atoms with Crippen LogP contribution in [0.25, 0.3) is 0 Å². The molecular formula is C18H18ClFN2O2. The SMILES string of the molecule is O=C(NCc1ccc(N2CCOCC2)cc1)c1ccc(Cl)cc1F. The fourth-order valence-electron chi connectivity index (χ4n) is 2.60. The molecule has 0 radical (unpaired) electrons. The van der Waals surface area contributed by atoms with Crippen LogP contribution in [0.3, 0.4) is 0 Å². The lowest BCUT2D eigenvalue weighted by molar-refractivity contribution is 0.0947. The first-order chi connectivity index (χ1) is 11.6. The summed E-state index contributed by atoms with van der Waals surface area (Å²) in [5.41, 5.74) is 2.08. The highest BCUT2D eigenvalue weighted by Gasteiger charge is 2.13. The van der Waals surface area contributed by atoms with Gasteiger partial charge in [0.15, 0.2) is 0 Å². The molecule has 2 aromatic rings. The number of hydrogen-bond donors (Lipinski definition) is 1. The average molecular weight is 349 g/mol. The van der Waals surface area contributed by atoms with Crippen LogP contribution in [0.4, 0.5) is 10.1 Å².